The highest BCUT2D eigenvalue weighted by molar-refractivity contribution is 7.93. The van der Waals surface area contributed by atoms with Gasteiger partial charge >= 0.3 is 0 Å². The zero-order chi connectivity index (χ0) is 14.3. The Morgan fingerprint density at radius 3 is 2.70 bits per heavy atom. The van der Waals surface area contributed by atoms with Gasteiger partial charge in [0, 0.05) is 18.2 Å². The average molecular weight is 315 g/mol. The van der Waals surface area contributed by atoms with Crippen molar-refractivity contribution in [3.05, 3.63) is 23.2 Å². The molecule has 1 amide bonds. The van der Waals surface area contributed by atoms with E-state index in [0.717, 1.165) is 12.8 Å². The van der Waals surface area contributed by atoms with Gasteiger partial charge in [0.05, 0.1) is 16.5 Å². The van der Waals surface area contributed by atoms with Crippen LogP contribution in [0.1, 0.15) is 19.3 Å². The second-order valence-electron chi connectivity index (χ2n) is 5.17. The van der Waals surface area contributed by atoms with E-state index in [1.54, 1.807) is 18.2 Å². The van der Waals surface area contributed by atoms with Crippen molar-refractivity contribution in [1.82, 2.24) is 0 Å². The van der Waals surface area contributed by atoms with Gasteiger partial charge in [-0.3, -0.25) is 9.10 Å². The number of rotatable bonds is 3. The van der Waals surface area contributed by atoms with Gasteiger partial charge in [0.25, 0.3) is 0 Å². The maximum atomic E-state index is 11.9. The number of nitrogens with zero attached hydrogens (tertiary/aromatic N) is 1. The third kappa shape index (κ3) is 2.62. The van der Waals surface area contributed by atoms with E-state index in [2.05, 4.69) is 5.32 Å². The Balaban J connectivity index is 1.88. The predicted molar refractivity (Wildman–Crippen MR) is 78.6 cm³/mol. The molecule has 0 aromatic heterocycles. The fourth-order valence-corrected chi connectivity index (χ4v) is 4.12. The Bertz CT molecular complexity index is 656. The van der Waals surface area contributed by atoms with Crippen LogP contribution < -0.4 is 9.62 Å². The number of hydrogen-bond acceptors (Lipinski definition) is 3. The first-order valence-electron chi connectivity index (χ1n) is 6.58. The van der Waals surface area contributed by atoms with Crippen LogP contribution in [0, 0.1) is 5.92 Å². The van der Waals surface area contributed by atoms with Gasteiger partial charge in [0.2, 0.25) is 15.9 Å². The number of benzene rings is 1. The molecule has 1 aromatic carbocycles. The predicted octanol–water partition coefficient (Wildman–Crippen LogP) is 2.23. The quantitative estimate of drug-likeness (QED) is 0.930. The van der Waals surface area contributed by atoms with Crippen LogP contribution in [0.3, 0.4) is 0 Å². The highest BCUT2D eigenvalue weighted by atomic mass is 35.5. The Hall–Kier alpha value is -1.27. The normalized spacial score (nSPS) is 20.9. The van der Waals surface area contributed by atoms with Crippen LogP contribution in [0.2, 0.25) is 5.02 Å². The standard InChI is InChI=1S/C13H15ClN2O3S/c14-11-5-4-10(15-13(17)9-2-3-9)8-12(11)16-6-1-7-20(16,18)19/h4-5,8-9H,1-3,6-7H2,(H,15,17). The van der Waals surface area contributed by atoms with Crippen LogP contribution in [0.15, 0.2) is 18.2 Å². The maximum Gasteiger partial charge on any atom is 0.235 e. The van der Waals surface area contributed by atoms with Crippen molar-refractivity contribution in [2.24, 2.45) is 5.92 Å². The number of hydrogen-bond donors (Lipinski definition) is 1. The minimum absolute atomic E-state index is 0.0115. The fraction of sp³-hybridized carbons (Fsp3) is 0.462. The van der Waals surface area contributed by atoms with Crippen molar-refractivity contribution in [3.63, 3.8) is 0 Å². The van der Waals surface area contributed by atoms with Crippen molar-refractivity contribution >= 4 is 38.9 Å². The summed E-state index contributed by atoms with van der Waals surface area (Å²) in [6, 6.07) is 4.94. The van der Waals surface area contributed by atoms with E-state index < -0.39 is 10.0 Å². The lowest BCUT2D eigenvalue weighted by atomic mass is 10.2. The summed E-state index contributed by atoms with van der Waals surface area (Å²) < 4.78 is 25.2. The molecule has 1 saturated carbocycles. The zero-order valence-electron chi connectivity index (χ0n) is 10.8. The average Bonchev–Trinajstić information content (AvgIpc) is 3.17. The molecule has 1 N–H and O–H groups in total. The second kappa shape index (κ2) is 4.93. The fourth-order valence-electron chi connectivity index (χ4n) is 2.28. The minimum Gasteiger partial charge on any atom is -0.326 e. The van der Waals surface area contributed by atoms with E-state index in [4.69, 9.17) is 11.6 Å². The minimum atomic E-state index is -3.28. The largest absolute Gasteiger partial charge is 0.326 e. The van der Waals surface area contributed by atoms with Gasteiger partial charge in [0.1, 0.15) is 0 Å². The molecular weight excluding hydrogens is 300 g/mol. The van der Waals surface area contributed by atoms with Crippen molar-refractivity contribution in [3.8, 4) is 0 Å². The zero-order valence-corrected chi connectivity index (χ0v) is 12.4. The van der Waals surface area contributed by atoms with Crippen LogP contribution in [0.4, 0.5) is 11.4 Å². The number of anilines is 2. The van der Waals surface area contributed by atoms with Crippen molar-refractivity contribution < 1.29 is 13.2 Å². The first kappa shape index (κ1) is 13.7. The smallest absolute Gasteiger partial charge is 0.235 e. The maximum absolute atomic E-state index is 11.9. The van der Waals surface area contributed by atoms with Crippen molar-refractivity contribution in [2.75, 3.05) is 21.9 Å². The number of carbonyl (C=O) groups excluding carboxylic acids is 1. The van der Waals surface area contributed by atoms with Crippen molar-refractivity contribution in [1.29, 1.82) is 0 Å². The number of sulfonamides is 1. The Morgan fingerprint density at radius 1 is 1.35 bits per heavy atom. The topological polar surface area (TPSA) is 66.5 Å². The van der Waals surface area contributed by atoms with Gasteiger partial charge in [-0.05, 0) is 37.5 Å². The van der Waals surface area contributed by atoms with E-state index in [9.17, 15) is 13.2 Å². The molecule has 0 bridgehead atoms. The molecule has 0 atom stereocenters. The van der Waals surface area contributed by atoms with Gasteiger partial charge < -0.3 is 5.32 Å². The number of nitrogens with one attached hydrogen (secondary N) is 1. The molecular formula is C13H15ClN2O3S. The molecule has 1 heterocycles. The molecule has 1 aliphatic carbocycles. The summed E-state index contributed by atoms with van der Waals surface area (Å²) >= 11 is 6.10. The summed E-state index contributed by atoms with van der Waals surface area (Å²) in [6.07, 6.45) is 2.44. The van der Waals surface area contributed by atoms with Gasteiger partial charge in [-0.1, -0.05) is 11.6 Å². The second-order valence-corrected chi connectivity index (χ2v) is 7.59. The lowest BCUT2D eigenvalue weighted by molar-refractivity contribution is -0.117. The monoisotopic (exact) mass is 314 g/mol. The molecule has 2 aliphatic rings. The number of amides is 1. The Kier molecular flexibility index (Phi) is 3.38. The van der Waals surface area contributed by atoms with E-state index >= 15 is 0 Å². The van der Waals surface area contributed by atoms with E-state index in [1.807, 2.05) is 0 Å². The van der Waals surface area contributed by atoms with Crippen molar-refractivity contribution in [2.45, 2.75) is 19.3 Å². The van der Waals surface area contributed by atoms with Crippen LogP contribution in [0.5, 0.6) is 0 Å². The molecule has 20 heavy (non-hydrogen) atoms. The number of carbonyl (C=O) groups is 1. The molecule has 3 rings (SSSR count). The van der Waals surface area contributed by atoms with E-state index in [1.165, 1.54) is 4.31 Å². The third-order valence-electron chi connectivity index (χ3n) is 3.53. The summed E-state index contributed by atoms with van der Waals surface area (Å²) in [5.41, 5.74) is 1.03. The first-order valence-corrected chi connectivity index (χ1v) is 8.57. The number of halogens is 1. The van der Waals surface area contributed by atoms with Gasteiger partial charge in [0.15, 0.2) is 0 Å². The molecule has 1 saturated heterocycles. The van der Waals surface area contributed by atoms with Crippen LogP contribution in [0.25, 0.3) is 0 Å². The molecule has 2 fully saturated rings. The highest BCUT2D eigenvalue weighted by Gasteiger charge is 2.31. The summed E-state index contributed by atoms with van der Waals surface area (Å²) in [5, 5.41) is 3.18. The molecule has 7 heteroatoms. The van der Waals surface area contributed by atoms with Crippen LogP contribution >= 0.6 is 11.6 Å². The molecule has 108 valence electrons. The summed E-state index contributed by atoms with van der Waals surface area (Å²) in [5.74, 6) is 0.231. The molecule has 0 unspecified atom stereocenters. The van der Waals surface area contributed by atoms with Crippen LogP contribution in [-0.4, -0.2) is 26.6 Å². The lowest BCUT2D eigenvalue weighted by Crippen LogP contribution is -2.25. The first-order chi connectivity index (χ1) is 9.47. The molecule has 0 spiro atoms. The summed E-state index contributed by atoms with van der Waals surface area (Å²) in [4.78, 5) is 11.7. The van der Waals surface area contributed by atoms with E-state index in [0.29, 0.717) is 29.4 Å². The molecule has 5 nitrogen and oxygen atoms in total. The summed E-state index contributed by atoms with van der Waals surface area (Å²) in [7, 11) is -3.28. The van der Waals surface area contributed by atoms with Gasteiger partial charge in [-0.25, -0.2) is 8.42 Å². The SMILES string of the molecule is O=C(Nc1ccc(Cl)c(N2CCCS2(=O)=O)c1)C1CC1. The Labute approximate surface area is 123 Å². The third-order valence-corrected chi connectivity index (χ3v) is 5.70. The Morgan fingerprint density at radius 2 is 2.10 bits per heavy atom. The highest BCUT2D eigenvalue weighted by Crippen LogP contribution is 2.35. The molecule has 1 aromatic rings. The van der Waals surface area contributed by atoms with E-state index in [-0.39, 0.29) is 17.6 Å². The molecule has 1 aliphatic heterocycles. The van der Waals surface area contributed by atoms with Gasteiger partial charge in [-0.2, -0.15) is 0 Å². The summed E-state index contributed by atoms with van der Waals surface area (Å²) in [6.45, 7) is 0.433. The van der Waals surface area contributed by atoms with Crippen LogP contribution in [-0.2, 0) is 14.8 Å². The molecule has 0 radical (unpaired) electrons. The van der Waals surface area contributed by atoms with Gasteiger partial charge in [-0.15, -0.1) is 0 Å². The lowest BCUT2D eigenvalue weighted by Gasteiger charge is -2.19.